The van der Waals surface area contributed by atoms with Gasteiger partial charge in [-0.1, -0.05) is 12.1 Å². The zero-order valence-electron chi connectivity index (χ0n) is 10.6. The largest absolute Gasteiger partial charge is 0.271 e. The molecule has 1 unspecified atom stereocenters. The second-order valence-electron chi connectivity index (χ2n) is 4.37. The van der Waals surface area contributed by atoms with E-state index < -0.39 is 29.3 Å². The monoisotopic (exact) mass is 284 g/mol. The van der Waals surface area contributed by atoms with Crippen molar-refractivity contribution in [2.24, 2.45) is 5.84 Å². The van der Waals surface area contributed by atoms with Gasteiger partial charge in [0.2, 0.25) is 0 Å². The highest BCUT2D eigenvalue weighted by molar-refractivity contribution is 5.36. The lowest BCUT2D eigenvalue weighted by Gasteiger charge is -2.19. The van der Waals surface area contributed by atoms with Gasteiger partial charge in [0, 0.05) is 11.1 Å². The van der Waals surface area contributed by atoms with Crippen molar-refractivity contribution in [1.82, 2.24) is 5.43 Å². The Morgan fingerprint density at radius 1 is 0.950 bits per heavy atom. The maximum Gasteiger partial charge on any atom is 0.164 e. The van der Waals surface area contributed by atoms with Crippen LogP contribution in [0, 0.1) is 30.2 Å². The van der Waals surface area contributed by atoms with Crippen molar-refractivity contribution in [1.29, 1.82) is 0 Å². The Balaban J connectivity index is 2.58. The molecule has 0 saturated carbocycles. The second kappa shape index (κ2) is 5.60. The second-order valence-corrected chi connectivity index (χ2v) is 4.37. The molecule has 2 nitrogen and oxygen atoms in total. The number of rotatable bonds is 3. The van der Waals surface area contributed by atoms with E-state index in [0.29, 0.717) is 0 Å². The number of aryl methyl sites for hydroxylation is 1. The van der Waals surface area contributed by atoms with Crippen molar-refractivity contribution in [3.05, 3.63) is 70.3 Å². The smallest absolute Gasteiger partial charge is 0.164 e. The summed E-state index contributed by atoms with van der Waals surface area (Å²) in [5.74, 6) is 1.63. The summed E-state index contributed by atoms with van der Waals surface area (Å²) in [6.07, 6.45) is 0. The van der Waals surface area contributed by atoms with Crippen molar-refractivity contribution >= 4 is 0 Å². The quantitative estimate of drug-likeness (QED) is 0.516. The van der Waals surface area contributed by atoms with E-state index in [9.17, 15) is 17.6 Å². The molecule has 20 heavy (non-hydrogen) atoms. The molecule has 0 heterocycles. The Morgan fingerprint density at radius 3 is 2.30 bits per heavy atom. The zero-order chi connectivity index (χ0) is 14.9. The predicted octanol–water partition coefficient (Wildman–Crippen LogP) is 3.10. The molecule has 0 amide bonds. The lowest BCUT2D eigenvalue weighted by Crippen LogP contribution is -2.30. The minimum absolute atomic E-state index is 0.113. The fraction of sp³-hybridized carbons (Fsp3) is 0.143. The summed E-state index contributed by atoms with van der Waals surface area (Å²) < 4.78 is 54.4. The van der Waals surface area contributed by atoms with Gasteiger partial charge in [0.05, 0.1) is 6.04 Å². The normalized spacial score (nSPS) is 12.5. The van der Waals surface area contributed by atoms with Gasteiger partial charge in [0.1, 0.15) is 11.6 Å². The highest BCUT2D eigenvalue weighted by atomic mass is 19.2. The molecule has 3 N–H and O–H groups in total. The first kappa shape index (κ1) is 14.5. The summed E-state index contributed by atoms with van der Waals surface area (Å²) >= 11 is 0. The highest BCUT2D eigenvalue weighted by Crippen LogP contribution is 2.28. The molecule has 2 rings (SSSR count). The van der Waals surface area contributed by atoms with Gasteiger partial charge in [-0.2, -0.15) is 0 Å². The van der Waals surface area contributed by atoms with Gasteiger partial charge in [0.15, 0.2) is 11.6 Å². The number of benzene rings is 2. The van der Waals surface area contributed by atoms with Crippen LogP contribution in [0.15, 0.2) is 30.3 Å². The van der Waals surface area contributed by atoms with Crippen molar-refractivity contribution in [2.45, 2.75) is 13.0 Å². The molecule has 1 atom stereocenters. The molecule has 0 aliphatic carbocycles. The van der Waals surface area contributed by atoms with Crippen LogP contribution in [0.5, 0.6) is 0 Å². The molecule has 0 aliphatic heterocycles. The molecule has 0 aliphatic rings. The zero-order valence-corrected chi connectivity index (χ0v) is 10.6. The molecule has 0 bridgehead atoms. The molecule has 0 spiro atoms. The highest BCUT2D eigenvalue weighted by Gasteiger charge is 2.23. The van der Waals surface area contributed by atoms with E-state index in [1.54, 1.807) is 0 Å². The number of hydrazine groups is 1. The molecule has 6 heteroatoms. The maximum atomic E-state index is 13.9. The number of hydrogen-bond donors (Lipinski definition) is 2. The molecule has 0 saturated heterocycles. The van der Waals surface area contributed by atoms with Gasteiger partial charge < -0.3 is 0 Å². The molecule has 0 aromatic heterocycles. The fourth-order valence-corrected chi connectivity index (χ4v) is 1.97. The van der Waals surface area contributed by atoms with Crippen LogP contribution in [0.3, 0.4) is 0 Å². The topological polar surface area (TPSA) is 38.0 Å². The van der Waals surface area contributed by atoms with Gasteiger partial charge in [-0.05, 0) is 30.7 Å². The SMILES string of the molecule is Cc1ccc(C(NN)c2cc(F)ccc2F)c(F)c1F. The Bertz CT molecular complexity index is 643. The fourth-order valence-electron chi connectivity index (χ4n) is 1.97. The molecule has 2 aromatic rings. The first-order valence-electron chi connectivity index (χ1n) is 5.81. The van der Waals surface area contributed by atoms with Gasteiger partial charge in [-0.3, -0.25) is 5.84 Å². The summed E-state index contributed by atoms with van der Waals surface area (Å²) in [5.41, 5.74) is 1.90. The van der Waals surface area contributed by atoms with Gasteiger partial charge in [-0.25, -0.2) is 23.0 Å². The molecule has 106 valence electrons. The van der Waals surface area contributed by atoms with E-state index >= 15 is 0 Å². The average Bonchev–Trinajstić information content (AvgIpc) is 2.43. The Hall–Kier alpha value is -1.92. The van der Waals surface area contributed by atoms with Gasteiger partial charge in [0.25, 0.3) is 0 Å². The van der Waals surface area contributed by atoms with Crippen LogP contribution >= 0.6 is 0 Å². The van der Waals surface area contributed by atoms with Crippen LogP contribution in [-0.2, 0) is 0 Å². The maximum absolute atomic E-state index is 13.9. The third kappa shape index (κ3) is 2.52. The summed E-state index contributed by atoms with van der Waals surface area (Å²) in [6.45, 7) is 1.40. The first-order chi connectivity index (χ1) is 9.45. The number of hydrogen-bond acceptors (Lipinski definition) is 2. The van der Waals surface area contributed by atoms with Crippen molar-refractivity contribution < 1.29 is 17.6 Å². The Labute approximate surface area is 113 Å². The number of nitrogens with two attached hydrogens (primary N) is 1. The van der Waals surface area contributed by atoms with Crippen LogP contribution in [0.25, 0.3) is 0 Å². The van der Waals surface area contributed by atoms with Crippen molar-refractivity contribution in [2.75, 3.05) is 0 Å². The van der Waals surface area contributed by atoms with E-state index in [1.165, 1.54) is 19.1 Å². The standard InChI is InChI=1S/C14H12F4N2/c1-7-2-4-9(13(18)12(7)17)14(20-19)10-6-8(15)3-5-11(10)16/h2-6,14,20H,19H2,1H3. The summed E-state index contributed by atoms with van der Waals surface area (Å²) in [5, 5.41) is 0. The van der Waals surface area contributed by atoms with E-state index in [4.69, 9.17) is 5.84 Å². The number of halogens is 4. The van der Waals surface area contributed by atoms with Crippen LogP contribution in [0.2, 0.25) is 0 Å². The van der Waals surface area contributed by atoms with E-state index in [1.807, 2.05) is 0 Å². The third-order valence-electron chi connectivity index (χ3n) is 3.05. The molecule has 2 aromatic carbocycles. The Morgan fingerprint density at radius 2 is 1.65 bits per heavy atom. The number of nitrogens with one attached hydrogen (secondary N) is 1. The van der Waals surface area contributed by atoms with E-state index in [0.717, 1.165) is 18.2 Å². The van der Waals surface area contributed by atoms with Crippen LogP contribution < -0.4 is 11.3 Å². The Kier molecular flexibility index (Phi) is 4.06. The molecule has 0 fully saturated rings. The average molecular weight is 284 g/mol. The van der Waals surface area contributed by atoms with Crippen molar-refractivity contribution in [3.8, 4) is 0 Å². The molecular weight excluding hydrogens is 272 g/mol. The summed E-state index contributed by atoms with van der Waals surface area (Å²) in [7, 11) is 0. The summed E-state index contributed by atoms with van der Waals surface area (Å²) in [6, 6.07) is 4.14. The van der Waals surface area contributed by atoms with Crippen LogP contribution in [0.1, 0.15) is 22.7 Å². The van der Waals surface area contributed by atoms with Gasteiger partial charge >= 0.3 is 0 Å². The third-order valence-corrected chi connectivity index (χ3v) is 3.05. The minimum atomic E-state index is -1.19. The van der Waals surface area contributed by atoms with Crippen LogP contribution in [-0.4, -0.2) is 0 Å². The molecule has 0 radical (unpaired) electrons. The lowest BCUT2D eigenvalue weighted by atomic mass is 9.97. The van der Waals surface area contributed by atoms with E-state index in [2.05, 4.69) is 5.43 Å². The van der Waals surface area contributed by atoms with E-state index in [-0.39, 0.29) is 16.7 Å². The lowest BCUT2D eigenvalue weighted by molar-refractivity contribution is 0.472. The summed E-state index contributed by atoms with van der Waals surface area (Å²) in [4.78, 5) is 0. The van der Waals surface area contributed by atoms with Gasteiger partial charge in [-0.15, -0.1) is 0 Å². The first-order valence-corrected chi connectivity index (χ1v) is 5.81. The van der Waals surface area contributed by atoms with Crippen LogP contribution in [0.4, 0.5) is 17.6 Å². The molecular formula is C14H12F4N2. The minimum Gasteiger partial charge on any atom is -0.271 e. The predicted molar refractivity (Wildman–Crippen MR) is 66.6 cm³/mol. The van der Waals surface area contributed by atoms with Crippen molar-refractivity contribution in [3.63, 3.8) is 0 Å².